The third kappa shape index (κ3) is 4.21. The Bertz CT molecular complexity index is 596. The number of benzene rings is 1. The highest BCUT2D eigenvalue weighted by atomic mass is 79.9. The van der Waals surface area contributed by atoms with Crippen molar-refractivity contribution in [2.45, 2.75) is 13.0 Å². The number of nitrogens with one attached hydrogen (secondary N) is 1. The molecule has 0 amide bonds. The first-order chi connectivity index (χ1) is 9.16. The van der Waals surface area contributed by atoms with Gasteiger partial charge in [0.15, 0.2) is 0 Å². The first kappa shape index (κ1) is 14.3. The van der Waals surface area contributed by atoms with E-state index in [1.165, 1.54) is 0 Å². The summed E-state index contributed by atoms with van der Waals surface area (Å²) >= 11 is 6.65. The minimum absolute atomic E-state index is 0.00270. The smallest absolute Gasteiger partial charge is 0.264 e. The molecule has 3 nitrogen and oxygen atoms in total. The zero-order valence-corrected chi connectivity index (χ0v) is 13.4. The quantitative estimate of drug-likeness (QED) is 0.792. The number of hydrogen-bond acceptors (Lipinski definition) is 2. The Morgan fingerprint density at radius 1 is 1.16 bits per heavy atom. The van der Waals surface area contributed by atoms with Gasteiger partial charge in [0.25, 0.3) is 5.56 Å². The van der Waals surface area contributed by atoms with Crippen molar-refractivity contribution in [3.63, 3.8) is 0 Å². The van der Waals surface area contributed by atoms with E-state index in [-0.39, 0.29) is 5.56 Å². The number of halogens is 2. The highest BCUT2D eigenvalue weighted by Crippen LogP contribution is 2.13. The molecule has 0 fully saturated rings. The van der Waals surface area contributed by atoms with Gasteiger partial charge in [-0.05, 0) is 56.5 Å². The molecule has 0 atom stereocenters. The van der Waals surface area contributed by atoms with Crippen molar-refractivity contribution in [1.82, 2.24) is 4.57 Å². The van der Waals surface area contributed by atoms with E-state index in [2.05, 4.69) is 37.2 Å². The average Bonchev–Trinajstić information content (AvgIpc) is 2.41. The number of aromatic nitrogens is 1. The second kappa shape index (κ2) is 6.91. The van der Waals surface area contributed by atoms with Crippen molar-refractivity contribution in [2.75, 3.05) is 11.9 Å². The number of nitrogens with zero attached hydrogens (tertiary/aromatic N) is 1. The molecule has 100 valence electrons. The van der Waals surface area contributed by atoms with Gasteiger partial charge < -0.3 is 9.88 Å². The van der Waals surface area contributed by atoms with Crippen LogP contribution in [0.2, 0.25) is 0 Å². The Balaban J connectivity index is 1.88. The van der Waals surface area contributed by atoms with Gasteiger partial charge >= 0.3 is 0 Å². The maximum atomic E-state index is 11.9. The van der Waals surface area contributed by atoms with E-state index in [4.69, 9.17) is 0 Å². The Kier molecular flexibility index (Phi) is 5.22. The second-order valence-electron chi connectivity index (χ2n) is 4.15. The van der Waals surface area contributed by atoms with Gasteiger partial charge in [0.1, 0.15) is 0 Å². The topological polar surface area (TPSA) is 34.0 Å². The Morgan fingerprint density at radius 2 is 1.89 bits per heavy atom. The molecule has 2 rings (SSSR count). The van der Waals surface area contributed by atoms with Gasteiger partial charge in [-0.1, -0.05) is 18.2 Å². The molecule has 0 saturated heterocycles. The normalized spacial score (nSPS) is 10.4. The predicted molar refractivity (Wildman–Crippen MR) is 85.7 cm³/mol. The van der Waals surface area contributed by atoms with Crippen LogP contribution in [0.5, 0.6) is 0 Å². The van der Waals surface area contributed by atoms with Crippen molar-refractivity contribution in [3.05, 3.63) is 61.9 Å². The zero-order valence-electron chi connectivity index (χ0n) is 10.3. The molecule has 0 aliphatic heterocycles. The number of para-hydroxylation sites is 1. The number of aryl methyl sites for hydroxylation is 1. The van der Waals surface area contributed by atoms with Gasteiger partial charge in [-0.2, -0.15) is 0 Å². The highest BCUT2D eigenvalue weighted by molar-refractivity contribution is 9.11. The Labute approximate surface area is 128 Å². The molecule has 2 aromatic rings. The van der Waals surface area contributed by atoms with Crippen LogP contribution in [-0.2, 0) is 6.54 Å². The molecule has 1 N–H and O–H groups in total. The molecular formula is C14H14Br2N2O. The van der Waals surface area contributed by atoms with Gasteiger partial charge in [0, 0.05) is 29.4 Å². The van der Waals surface area contributed by atoms with E-state index < -0.39 is 0 Å². The highest BCUT2D eigenvalue weighted by Gasteiger charge is 2.02. The first-order valence-corrected chi connectivity index (χ1v) is 7.60. The molecule has 0 saturated carbocycles. The lowest BCUT2D eigenvalue weighted by atomic mass is 10.3. The van der Waals surface area contributed by atoms with Crippen LogP contribution in [0.1, 0.15) is 6.42 Å². The van der Waals surface area contributed by atoms with Crippen LogP contribution in [0.4, 0.5) is 5.69 Å². The van der Waals surface area contributed by atoms with E-state index in [0.717, 1.165) is 23.1 Å². The van der Waals surface area contributed by atoms with Crippen molar-refractivity contribution in [2.24, 2.45) is 0 Å². The minimum Gasteiger partial charge on any atom is -0.385 e. The molecule has 0 radical (unpaired) electrons. The van der Waals surface area contributed by atoms with Crippen molar-refractivity contribution in [1.29, 1.82) is 0 Å². The fourth-order valence-corrected chi connectivity index (χ4v) is 3.03. The molecule has 1 heterocycles. The molecule has 0 bridgehead atoms. The second-order valence-corrected chi connectivity index (χ2v) is 5.92. The molecule has 1 aromatic heterocycles. The average molecular weight is 386 g/mol. The third-order valence-electron chi connectivity index (χ3n) is 2.69. The summed E-state index contributed by atoms with van der Waals surface area (Å²) in [5.41, 5.74) is 1.10. The van der Waals surface area contributed by atoms with E-state index in [1.807, 2.05) is 36.5 Å². The lowest BCUT2D eigenvalue weighted by Crippen LogP contribution is -2.21. The summed E-state index contributed by atoms with van der Waals surface area (Å²) in [4.78, 5) is 11.9. The first-order valence-electron chi connectivity index (χ1n) is 6.01. The SMILES string of the molecule is O=c1c(Br)cc(Br)cn1CCCNc1ccccc1. The van der Waals surface area contributed by atoms with Gasteiger partial charge in [-0.15, -0.1) is 0 Å². The largest absolute Gasteiger partial charge is 0.385 e. The number of anilines is 1. The van der Waals surface area contributed by atoms with Crippen LogP contribution < -0.4 is 10.9 Å². The molecule has 5 heteroatoms. The lowest BCUT2D eigenvalue weighted by Gasteiger charge is -2.09. The molecular weight excluding hydrogens is 372 g/mol. The van der Waals surface area contributed by atoms with Crippen molar-refractivity contribution >= 4 is 37.5 Å². The summed E-state index contributed by atoms with van der Waals surface area (Å²) in [7, 11) is 0. The third-order valence-corrected chi connectivity index (χ3v) is 3.69. The molecule has 0 aliphatic rings. The van der Waals surface area contributed by atoms with Crippen LogP contribution >= 0.6 is 31.9 Å². The van der Waals surface area contributed by atoms with Crippen LogP contribution in [0.3, 0.4) is 0 Å². The summed E-state index contributed by atoms with van der Waals surface area (Å²) in [6, 6.07) is 11.8. The summed E-state index contributed by atoms with van der Waals surface area (Å²) < 4.78 is 3.19. The van der Waals surface area contributed by atoms with Crippen LogP contribution in [-0.4, -0.2) is 11.1 Å². The molecule has 19 heavy (non-hydrogen) atoms. The predicted octanol–water partition coefficient (Wildman–Crippen LogP) is 3.88. The van der Waals surface area contributed by atoms with E-state index in [1.54, 1.807) is 10.6 Å². The molecule has 1 aromatic carbocycles. The van der Waals surface area contributed by atoms with E-state index >= 15 is 0 Å². The van der Waals surface area contributed by atoms with Crippen LogP contribution in [0.25, 0.3) is 0 Å². The monoisotopic (exact) mass is 384 g/mol. The van der Waals surface area contributed by atoms with Gasteiger partial charge in [0.05, 0.1) is 4.47 Å². The lowest BCUT2D eigenvalue weighted by molar-refractivity contribution is 0.635. The number of rotatable bonds is 5. The number of pyridine rings is 1. The molecule has 0 aliphatic carbocycles. The summed E-state index contributed by atoms with van der Waals surface area (Å²) in [6.07, 6.45) is 2.70. The summed E-state index contributed by atoms with van der Waals surface area (Å²) in [5, 5.41) is 3.32. The van der Waals surface area contributed by atoms with Gasteiger partial charge in [0.2, 0.25) is 0 Å². The van der Waals surface area contributed by atoms with Crippen LogP contribution in [0.15, 0.2) is 56.3 Å². The Morgan fingerprint density at radius 3 is 2.63 bits per heavy atom. The van der Waals surface area contributed by atoms with Crippen molar-refractivity contribution < 1.29 is 0 Å². The number of hydrogen-bond donors (Lipinski definition) is 1. The maximum absolute atomic E-state index is 11.9. The van der Waals surface area contributed by atoms with Gasteiger partial charge in [-0.3, -0.25) is 4.79 Å². The van der Waals surface area contributed by atoms with E-state index in [9.17, 15) is 4.79 Å². The molecule has 0 spiro atoms. The van der Waals surface area contributed by atoms with Gasteiger partial charge in [-0.25, -0.2) is 0 Å². The fraction of sp³-hybridized carbons (Fsp3) is 0.214. The summed E-state index contributed by atoms with van der Waals surface area (Å²) in [6.45, 7) is 1.53. The van der Waals surface area contributed by atoms with Crippen LogP contribution in [0, 0.1) is 0 Å². The zero-order chi connectivity index (χ0) is 13.7. The maximum Gasteiger partial charge on any atom is 0.264 e. The summed E-state index contributed by atoms with van der Waals surface area (Å²) in [5.74, 6) is 0. The molecule has 0 unspecified atom stereocenters. The van der Waals surface area contributed by atoms with E-state index in [0.29, 0.717) is 11.0 Å². The standard InChI is InChI=1S/C14H14Br2N2O/c15-11-9-13(16)14(19)18(10-11)8-4-7-17-12-5-2-1-3-6-12/h1-3,5-6,9-10,17H,4,7-8H2. The minimum atomic E-state index is 0.00270. The fourth-order valence-electron chi connectivity index (χ4n) is 1.77. The van der Waals surface area contributed by atoms with Crippen molar-refractivity contribution in [3.8, 4) is 0 Å². The Hall–Kier alpha value is -1.07.